The first kappa shape index (κ1) is 23.6. The Hall–Kier alpha value is -3.67. The van der Waals surface area contributed by atoms with Gasteiger partial charge in [-0.25, -0.2) is 9.59 Å². The lowest BCUT2D eigenvalue weighted by atomic mass is 9.83. The molecular formula is C22H26N2O7. The van der Waals surface area contributed by atoms with Gasteiger partial charge in [0.05, 0.1) is 31.8 Å². The van der Waals surface area contributed by atoms with Crippen molar-refractivity contribution >= 4 is 11.9 Å². The van der Waals surface area contributed by atoms with Crippen molar-refractivity contribution < 1.29 is 33.3 Å². The summed E-state index contributed by atoms with van der Waals surface area (Å²) < 4.78 is 26.6. The van der Waals surface area contributed by atoms with Gasteiger partial charge < -0.3 is 29.4 Å². The highest BCUT2D eigenvalue weighted by Crippen LogP contribution is 2.42. The van der Waals surface area contributed by atoms with Crippen LogP contribution in [0.3, 0.4) is 0 Å². The van der Waals surface area contributed by atoms with Crippen molar-refractivity contribution in [2.24, 2.45) is 5.73 Å². The van der Waals surface area contributed by atoms with Crippen molar-refractivity contribution in [2.45, 2.75) is 39.7 Å². The molecule has 2 atom stereocenters. The predicted molar refractivity (Wildman–Crippen MR) is 110 cm³/mol. The molecule has 9 heteroatoms. The summed E-state index contributed by atoms with van der Waals surface area (Å²) in [5.74, 6) is -1.16. The molecule has 2 N–H and O–H groups in total. The highest BCUT2D eigenvalue weighted by Gasteiger charge is 2.36. The number of hydrogen-bond donors (Lipinski definition) is 1. The highest BCUT2D eigenvalue weighted by atomic mass is 16.6. The van der Waals surface area contributed by atoms with Gasteiger partial charge >= 0.3 is 11.9 Å². The molecule has 0 aliphatic carbocycles. The highest BCUT2D eigenvalue weighted by molar-refractivity contribution is 5.92. The molecule has 0 aromatic heterocycles. The number of nitrogens with zero attached hydrogens (tertiary/aromatic N) is 1. The molecule has 0 amide bonds. The summed E-state index contributed by atoms with van der Waals surface area (Å²) >= 11 is 0. The molecule has 0 radical (unpaired) electrons. The fourth-order valence-corrected chi connectivity index (χ4v) is 3.16. The largest absolute Gasteiger partial charge is 0.490 e. The summed E-state index contributed by atoms with van der Waals surface area (Å²) in [6.07, 6.45) is -0.861. The molecule has 2 unspecified atom stereocenters. The molecule has 0 spiro atoms. The molecule has 1 aliphatic rings. The zero-order valence-corrected chi connectivity index (χ0v) is 18.2. The van der Waals surface area contributed by atoms with E-state index in [-0.39, 0.29) is 29.4 Å². The van der Waals surface area contributed by atoms with Crippen molar-refractivity contribution in [2.75, 3.05) is 20.3 Å². The van der Waals surface area contributed by atoms with E-state index in [0.29, 0.717) is 23.7 Å². The van der Waals surface area contributed by atoms with Crippen LogP contribution in [0.2, 0.25) is 0 Å². The van der Waals surface area contributed by atoms with Gasteiger partial charge in [-0.15, -0.1) is 0 Å². The summed E-state index contributed by atoms with van der Waals surface area (Å²) in [5, 5.41) is 9.69. The summed E-state index contributed by atoms with van der Waals surface area (Å²) in [5.41, 5.74) is 6.72. The van der Waals surface area contributed by atoms with Crippen molar-refractivity contribution in [3.63, 3.8) is 0 Å². The van der Waals surface area contributed by atoms with Crippen LogP contribution in [0, 0.1) is 11.3 Å². The van der Waals surface area contributed by atoms with E-state index in [1.54, 1.807) is 45.9 Å². The van der Waals surface area contributed by atoms with E-state index < -0.39 is 24.0 Å². The second-order valence-electron chi connectivity index (χ2n) is 6.54. The molecule has 0 fully saturated rings. The molecule has 9 nitrogen and oxygen atoms in total. The molecule has 1 heterocycles. The van der Waals surface area contributed by atoms with Crippen LogP contribution in [0.4, 0.5) is 0 Å². The maximum absolute atomic E-state index is 12.7. The fourth-order valence-electron chi connectivity index (χ4n) is 3.16. The molecule has 1 aliphatic heterocycles. The minimum atomic E-state index is -0.861. The van der Waals surface area contributed by atoms with Gasteiger partial charge in [-0.05, 0) is 45.4 Å². The monoisotopic (exact) mass is 430 g/mol. The smallest absolute Gasteiger partial charge is 0.346 e. The maximum Gasteiger partial charge on any atom is 0.346 e. The van der Waals surface area contributed by atoms with Gasteiger partial charge in [-0.2, -0.15) is 5.26 Å². The number of esters is 2. The van der Waals surface area contributed by atoms with E-state index >= 15 is 0 Å². The Morgan fingerprint density at radius 3 is 2.55 bits per heavy atom. The van der Waals surface area contributed by atoms with Crippen LogP contribution in [0.1, 0.15) is 39.2 Å². The third kappa shape index (κ3) is 5.09. The first-order valence-electron chi connectivity index (χ1n) is 9.75. The number of methoxy groups -OCH3 is 1. The molecule has 0 saturated carbocycles. The van der Waals surface area contributed by atoms with Gasteiger partial charge in [-0.1, -0.05) is 6.07 Å². The van der Waals surface area contributed by atoms with E-state index in [4.69, 9.17) is 24.7 Å². The number of carbonyl (C=O) groups is 2. The Labute approximate surface area is 181 Å². The average Bonchev–Trinajstić information content (AvgIpc) is 2.74. The summed E-state index contributed by atoms with van der Waals surface area (Å²) in [6, 6.07) is 6.92. The summed E-state index contributed by atoms with van der Waals surface area (Å²) in [7, 11) is 1.27. The number of benzene rings is 1. The zero-order chi connectivity index (χ0) is 23.1. The summed E-state index contributed by atoms with van der Waals surface area (Å²) in [4.78, 5) is 24.4. The lowest BCUT2D eigenvalue weighted by Gasteiger charge is -2.27. The van der Waals surface area contributed by atoms with E-state index in [1.165, 1.54) is 7.11 Å². The predicted octanol–water partition coefficient (Wildman–Crippen LogP) is 2.67. The number of nitriles is 1. The van der Waals surface area contributed by atoms with Crippen molar-refractivity contribution in [1.29, 1.82) is 5.26 Å². The van der Waals surface area contributed by atoms with Gasteiger partial charge in [-0.3, -0.25) is 0 Å². The van der Waals surface area contributed by atoms with Gasteiger partial charge in [0, 0.05) is 0 Å². The maximum atomic E-state index is 12.7. The second-order valence-corrected chi connectivity index (χ2v) is 6.54. The lowest BCUT2D eigenvalue weighted by molar-refractivity contribution is -0.148. The van der Waals surface area contributed by atoms with Crippen molar-refractivity contribution in [1.82, 2.24) is 0 Å². The van der Waals surface area contributed by atoms with E-state index in [1.807, 2.05) is 6.07 Å². The molecule has 1 aromatic rings. The Bertz CT molecular complexity index is 959. The Morgan fingerprint density at radius 1 is 1.26 bits per heavy atom. The van der Waals surface area contributed by atoms with Crippen LogP contribution in [-0.2, 0) is 23.8 Å². The van der Waals surface area contributed by atoms with Gasteiger partial charge in [0.25, 0.3) is 0 Å². The molecule has 0 bridgehead atoms. The number of carbonyl (C=O) groups excluding carboxylic acids is 2. The molecule has 0 saturated heterocycles. The minimum absolute atomic E-state index is 0.0766. The molecular weight excluding hydrogens is 404 g/mol. The molecule has 31 heavy (non-hydrogen) atoms. The average molecular weight is 430 g/mol. The van der Waals surface area contributed by atoms with Crippen molar-refractivity contribution in [3.05, 3.63) is 46.6 Å². The summed E-state index contributed by atoms with van der Waals surface area (Å²) in [6.45, 7) is 7.09. The standard InChI is InChI=1S/C22H26N2O7/c1-6-28-17-10-14(8-9-16(17)30-13(4)21(25)27-5)19-15(11-23)20(24)31-12(3)18(19)22(26)29-7-2/h8-10,13,19H,6-7,24H2,1-5H3. The lowest BCUT2D eigenvalue weighted by Crippen LogP contribution is -2.26. The fraction of sp³-hybridized carbons (Fsp3) is 0.409. The van der Waals surface area contributed by atoms with Crippen molar-refractivity contribution in [3.8, 4) is 17.6 Å². The third-order valence-electron chi connectivity index (χ3n) is 4.54. The quantitative estimate of drug-likeness (QED) is 0.618. The topological polar surface area (TPSA) is 130 Å². The number of rotatable bonds is 8. The van der Waals surface area contributed by atoms with E-state index in [2.05, 4.69) is 4.74 Å². The van der Waals surface area contributed by atoms with Gasteiger partial charge in [0.2, 0.25) is 5.88 Å². The first-order valence-corrected chi connectivity index (χ1v) is 9.75. The zero-order valence-electron chi connectivity index (χ0n) is 18.2. The van der Waals surface area contributed by atoms with Crippen LogP contribution >= 0.6 is 0 Å². The van der Waals surface area contributed by atoms with E-state index in [0.717, 1.165) is 0 Å². The Kier molecular flexibility index (Phi) is 7.91. The third-order valence-corrected chi connectivity index (χ3v) is 4.54. The number of allylic oxidation sites excluding steroid dienone is 2. The van der Waals surface area contributed by atoms with Crippen LogP contribution in [-0.4, -0.2) is 38.4 Å². The number of ether oxygens (including phenoxy) is 5. The minimum Gasteiger partial charge on any atom is -0.490 e. The number of hydrogen-bond acceptors (Lipinski definition) is 9. The van der Waals surface area contributed by atoms with Crippen LogP contribution < -0.4 is 15.2 Å². The van der Waals surface area contributed by atoms with E-state index in [9.17, 15) is 14.9 Å². The Morgan fingerprint density at radius 2 is 1.97 bits per heavy atom. The Balaban J connectivity index is 2.57. The first-order chi connectivity index (χ1) is 14.8. The van der Waals surface area contributed by atoms with Crippen LogP contribution in [0.15, 0.2) is 41.0 Å². The normalized spacial score (nSPS) is 16.7. The molecule has 1 aromatic carbocycles. The van der Waals surface area contributed by atoms with Crippen LogP contribution in [0.5, 0.6) is 11.5 Å². The van der Waals surface area contributed by atoms with Gasteiger partial charge in [0.15, 0.2) is 17.6 Å². The van der Waals surface area contributed by atoms with Crippen LogP contribution in [0.25, 0.3) is 0 Å². The molecule has 2 rings (SSSR count). The SMILES string of the molecule is CCOC(=O)C1=C(C)OC(N)=C(C#N)C1c1ccc(OC(C)C(=O)OC)c(OCC)c1. The second kappa shape index (κ2) is 10.4. The van der Waals surface area contributed by atoms with Gasteiger partial charge in [0.1, 0.15) is 17.4 Å². The molecule has 166 valence electrons. The number of nitrogens with two attached hydrogens (primary N) is 1.